The number of aryl methyl sites for hydroxylation is 1. The summed E-state index contributed by atoms with van der Waals surface area (Å²) < 4.78 is 7.34. The molecule has 0 amide bonds. The Hall–Kier alpha value is -3.00. The molecule has 1 aromatic carbocycles. The zero-order valence-electron chi connectivity index (χ0n) is 17.6. The van der Waals surface area contributed by atoms with Crippen molar-refractivity contribution in [3.8, 4) is 23.6 Å². The molecule has 0 bridgehead atoms. The molecule has 2 aromatic rings. The first-order valence-electron chi connectivity index (χ1n) is 10.1. The first kappa shape index (κ1) is 23.7. The predicted octanol–water partition coefficient (Wildman–Crippen LogP) is 3.74. The second-order valence-corrected chi connectivity index (χ2v) is 8.67. The van der Waals surface area contributed by atoms with Gasteiger partial charge in [-0.25, -0.2) is 4.79 Å². The number of methoxy groups -OCH3 is 1. The van der Waals surface area contributed by atoms with Crippen molar-refractivity contribution in [2.24, 2.45) is 5.92 Å². The van der Waals surface area contributed by atoms with Crippen LogP contribution in [0, 0.1) is 28.6 Å². The van der Waals surface area contributed by atoms with Gasteiger partial charge in [-0.15, -0.1) is 0 Å². The van der Waals surface area contributed by atoms with Crippen LogP contribution in [0.4, 0.5) is 0 Å². The Morgan fingerprint density at radius 1 is 1.25 bits per heavy atom. The van der Waals surface area contributed by atoms with Crippen molar-refractivity contribution in [1.29, 1.82) is 10.5 Å². The van der Waals surface area contributed by atoms with E-state index in [1.807, 2.05) is 6.07 Å². The summed E-state index contributed by atoms with van der Waals surface area (Å²) in [5.74, 6) is -1.03. The number of carbonyl (C=O) groups is 1. The zero-order valence-corrected chi connectivity index (χ0v) is 19.1. The molecule has 0 aliphatic carbocycles. The minimum absolute atomic E-state index is 0.196. The van der Waals surface area contributed by atoms with Crippen LogP contribution in [0.2, 0.25) is 10.0 Å². The fourth-order valence-electron chi connectivity index (χ4n) is 4.44. The van der Waals surface area contributed by atoms with E-state index in [1.165, 1.54) is 49.9 Å². The number of hydrogen-bond donors (Lipinski definition) is 1. The summed E-state index contributed by atoms with van der Waals surface area (Å²) in [7, 11) is 1.46. The molecule has 0 spiro atoms. The van der Waals surface area contributed by atoms with Crippen LogP contribution in [0.25, 0.3) is 0 Å². The molecular formula is C23H21Cl2N3O4. The maximum Gasteiger partial charge on any atom is 0.344 e. The fourth-order valence-corrected chi connectivity index (χ4v) is 4.81. The normalized spacial score (nSPS) is 18.3. The summed E-state index contributed by atoms with van der Waals surface area (Å²) in [5.41, 5.74) is 2.40. The number of carbonyl (C=O) groups excluding carboxylic acids is 1. The SMILES string of the molecule is COC(=O)c1ccc2[n+]3c1C[C@H](C)C[C@@H]3CCC2.N#Cc1c([O-])c(Cl)c(Cl)c(O)c1C#N. The number of halogens is 2. The van der Waals surface area contributed by atoms with Crippen molar-refractivity contribution in [2.45, 2.75) is 45.1 Å². The van der Waals surface area contributed by atoms with Crippen molar-refractivity contribution in [1.82, 2.24) is 0 Å². The molecule has 2 atom stereocenters. The summed E-state index contributed by atoms with van der Waals surface area (Å²) in [6, 6.07) is 7.65. The molecule has 0 saturated carbocycles. The maximum atomic E-state index is 11.9. The van der Waals surface area contributed by atoms with Crippen molar-refractivity contribution >= 4 is 29.2 Å². The van der Waals surface area contributed by atoms with Gasteiger partial charge in [0.05, 0.1) is 17.7 Å². The first-order valence-corrected chi connectivity index (χ1v) is 10.9. The quantitative estimate of drug-likeness (QED) is 0.497. The lowest BCUT2D eigenvalue weighted by Crippen LogP contribution is -2.54. The van der Waals surface area contributed by atoms with Gasteiger partial charge in [-0.05, 0) is 18.4 Å². The minimum Gasteiger partial charge on any atom is -0.871 e. The zero-order chi connectivity index (χ0) is 23.6. The van der Waals surface area contributed by atoms with Gasteiger partial charge in [-0.3, -0.25) is 0 Å². The number of nitrogens with zero attached hydrogens (tertiary/aromatic N) is 3. The van der Waals surface area contributed by atoms with Gasteiger partial charge >= 0.3 is 5.97 Å². The van der Waals surface area contributed by atoms with Gasteiger partial charge in [0.25, 0.3) is 0 Å². The number of ether oxygens (including phenoxy) is 1. The van der Waals surface area contributed by atoms with Crippen molar-refractivity contribution in [3.63, 3.8) is 0 Å². The lowest BCUT2D eigenvalue weighted by molar-refractivity contribution is -0.749. The molecule has 9 heteroatoms. The third kappa shape index (κ3) is 4.19. The van der Waals surface area contributed by atoms with Crippen molar-refractivity contribution < 1.29 is 24.3 Å². The molecule has 1 N–H and O–H groups in total. The Morgan fingerprint density at radius 2 is 1.94 bits per heavy atom. The Kier molecular flexibility index (Phi) is 7.13. The van der Waals surface area contributed by atoms with E-state index in [1.54, 1.807) is 0 Å². The van der Waals surface area contributed by atoms with Gasteiger partial charge in [0.1, 0.15) is 28.3 Å². The van der Waals surface area contributed by atoms with Gasteiger partial charge in [0, 0.05) is 31.7 Å². The highest BCUT2D eigenvalue weighted by Crippen LogP contribution is 2.41. The molecule has 0 saturated heterocycles. The van der Waals surface area contributed by atoms with Crippen LogP contribution in [0.5, 0.6) is 11.5 Å². The van der Waals surface area contributed by atoms with Crippen LogP contribution in [0.3, 0.4) is 0 Å². The van der Waals surface area contributed by atoms with Crippen LogP contribution in [-0.4, -0.2) is 18.2 Å². The molecule has 2 aliphatic heterocycles. The van der Waals surface area contributed by atoms with E-state index in [9.17, 15) is 15.0 Å². The van der Waals surface area contributed by atoms with Crippen LogP contribution in [0.1, 0.15) is 65.1 Å². The topological polar surface area (TPSA) is 121 Å². The van der Waals surface area contributed by atoms with Gasteiger partial charge in [-0.2, -0.15) is 15.1 Å². The standard InChI is InChI=1S/C15H20NO2.C8H2Cl2N2O2/c1-10-8-12-5-3-4-11-6-7-13(15(17)18-2)14(9-10)16(11)12;9-5-6(10)8(14)4(2-12)3(1-11)7(5)13/h6-7,10,12H,3-5,8-9H2,1-2H3;13-14H/q+1;/p-1/t10-,12+;/m1./s1. The number of pyridine rings is 1. The molecule has 2 aliphatic rings. The van der Waals surface area contributed by atoms with Gasteiger partial charge in [0.2, 0.25) is 0 Å². The lowest BCUT2D eigenvalue weighted by atomic mass is 9.84. The van der Waals surface area contributed by atoms with E-state index in [0.717, 1.165) is 18.4 Å². The molecule has 4 rings (SSSR count). The number of phenols is 1. The van der Waals surface area contributed by atoms with Gasteiger partial charge in [0.15, 0.2) is 23.2 Å². The summed E-state index contributed by atoms with van der Waals surface area (Å²) in [5, 5.41) is 36.8. The molecule has 32 heavy (non-hydrogen) atoms. The smallest absolute Gasteiger partial charge is 0.344 e. The molecule has 7 nitrogen and oxygen atoms in total. The maximum absolute atomic E-state index is 11.9. The largest absolute Gasteiger partial charge is 0.871 e. The average Bonchev–Trinajstić information content (AvgIpc) is 2.80. The number of benzene rings is 1. The van der Waals surface area contributed by atoms with Crippen LogP contribution >= 0.6 is 23.2 Å². The molecule has 3 heterocycles. The number of hydrogen-bond acceptors (Lipinski definition) is 6. The summed E-state index contributed by atoms with van der Waals surface area (Å²) in [6.45, 7) is 2.28. The third-order valence-electron chi connectivity index (χ3n) is 5.85. The third-order valence-corrected chi connectivity index (χ3v) is 6.67. The predicted molar refractivity (Wildman–Crippen MR) is 114 cm³/mol. The lowest BCUT2D eigenvalue weighted by Gasteiger charge is -2.29. The van der Waals surface area contributed by atoms with E-state index in [0.29, 0.717) is 12.0 Å². The number of nitriles is 2. The van der Waals surface area contributed by atoms with Crippen LogP contribution in [0.15, 0.2) is 12.1 Å². The van der Waals surface area contributed by atoms with Crippen LogP contribution in [-0.2, 0) is 17.6 Å². The average molecular weight is 474 g/mol. The Balaban J connectivity index is 0.000000188. The first-order chi connectivity index (χ1) is 15.2. The number of rotatable bonds is 1. The van der Waals surface area contributed by atoms with E-state index >= 15 is 0 Å². The Labute approximate surface area is 196 Å². The molecular weight excluding hydrogens is 453 g/mol. The van der Waals surface area contributed by atoms with E-state index in [4.69, 9.17) is 38.5 Å². The molecule has 0 fully saturated rings. The van der Waals surface area contributed by atoms with Crippen LogP contribution < -0.4 is 9.67 Å². The van der Waals surface area contributed by atoms with E-state index < -0.39 is 32.7 Å². The number of esters is 1. The molecule has 0 radical (unpaired) electrons. The van der Waals surface area contributed by atoms with E-state index in [2.05, 4.69) is 17.6 Å². The van der Waals surface area contributed by atoms with Gasteiger partial charge < -0.3 is 14.9 Å². The second-order valence-electron chi connectivity index (χ2n) is 7.92. The summed E-state index contributed by atoms with van der Waals surface area (Å²) in [6.07, 6.45) is 5.90. The van der Waals surface area contributed by atoms with Gasteiger partial charge in [-0.1, -0.05) is 35.9 Å². The van der Waals surface area contributed by atoms with Crippen molar-refractivity contribution in [2.75, 3.05) is 7.11 Å². The summed E-state index contributed by atoms with van der Waals surface area (Å²) >= 11 is 10.9. The molecule has 1 aromatic heterocycles. The number of aromatic nitrogens is 1. The number of phenolic OH excluding ortho intramolecular Hbond substituents is 1. The second kappa shape index (κ2) is 9.65. The highest BCUT2D eigenvalue weighted by molar-refractivity contribution is 6.44. The number of aromatic hydroxyl groups is 1. The highest BCUT2D eigenvalue weighted by Gasteiger charge is 2.39. The minimum atomic E-state index is -0.853. The Bertz CT molecular complexity index is 1120. The van der Waals surface area contributed by atoms with Crippen molar-refractivity contribution in [3.05, 3.63) is 50.3 Å². The molecule has 166 valence electrons. The fraction of sp³-hybridized carbons (Fsp3) is 0.391. The highest BCUT2D eigenvalue weighted by atomic mass is 35.5. The molecule has 0 unspecified atom stereocenters. The van der Waals surface area contributed by atoms with E-state index in [-0.39, 0.29) is 5.97 Å². The monoisotopic (exact) mass is 473 g/mol. The Morgan fingerprint density at radius 3 is 2.56 bits per heavy atom. The summed E-state index contributed by atoms with van der Waals surface area (Å²) in [4.78, 5) is 11.9.